The van der Waals surface area contributed by atoms with Crippen LogP contribution in [0.4, 0.5) is 11.4 Å². The molecule has 0 aromatic heterocycles. The van der Waals surface area contributed by atoms with E-state index >= 15 is 0 Å². The van der Waals surface area contributed by atoms with Gasteiger partial charge in [-0.15, -0.1) is 0 Å². The van der Waals surface area contributed by atoms with Gasteiger partial charge in [-0.3, -0.25) is 9.10 Å². The van der Waals surface area contributed by atoms with E-state index in [2.05, 4.69) is 5.32 Å². The molecule has 0 aliphatic carbocycles. The van der Waals surface area contributed by atoms with Crippen molar-refractivity contribution in [2.45, 2.75) is 13.5 Å². The number of benzene rings is 3. The minimum atomic E-state index is -3.50. The van der Waals surface area contributed by atoms with Crippen LogP contribution >= 0.6 is 11.6 Å². The van der Waals surface area contributed by atoms with E-state index in [0.29, 0.717) is 27.9 Å². The molecule has 174 valence electrons. The first kappa shape index (κ1) is 24.4. The predicted octanol–water partition coefficient (Wildman–Crippen LogP) is 4.64. The first-order valence-electron chi connectivity index (χ1n) is 10.1. The highest BCUT2D eigenvalue weighted by Crippen LogP contribution is 2.27. The highest BCUT2D eigenvalue weighted by molar-refractivity contribution is 7.92. The number of hydrogen-bond donors (Lipinski definition) is 1. The molecule has 0 aliphatic heterocycles. The summed E-state index contributed by atoms with van der Waals surface area (Å²) in [7, 11) is -1.99. The van der Waals surface area contributed by atoms with Crippen molar-refractivity contribution in [1.82, 2.24) is 0 Å². The standard InChI is InChI=1S/C24H25ClN2O5S/c1-17-4-6-18(7-5-17)15-27(33(3,29)30)20-9-11-21(12-10-20)32-16-24(28)26-19-8-13-23(31-2)22(25)14-19/h4-14H,15-16H2,1-3H3,(H,26,28). The fourth-order valence-corrected chi connectivity index (χ4v) is 4.20. The molecule has 0 bridgehead atoms. The Morgan fingerprint density at radius 1 is 1.03 bits per heavy atom. The second-order valence-electron chi connectivity index (χ2n) is 7.44. The summed E-state index contributed by atoms with van der Waals surface area (Å²) in [6, 6.07) is 19.1. The topological polar surface area (TPSA) is 84.9 Å². The molecule has 0 atom stereocenters. The van der Waals surface area contributed by atoms with Crippen LogP contribution < -0.4 is 19.1 Å². The zero-order chi connectivity index (χ0) is 24.0. The molecule has 0 heterocycles. The van der Waals surface area contributed by atoms with Crippen LogP contribution in [-0.4, -0.2) is 34.3 Å². The lowest BCUT2D eigenvalue weighted by atomic mass is 10.1. The number of aryl methyl sites for hydroxylation is 1. The summed E-state index contributed by atoms with van der Waals surface area (Å²) >= 11 is 6.06. The van der Waals surface area contributed by atoms with Crippen LogP contribution in [0.15, 0.2) is 66.7 Å². The molecule has 0 spiro atoms. The average molecular weight is 489 g/mol. The molecule has 9 heteroatoms. The zero-order valence-electron chi connectivity index (χ0n) is 18.5. The number of rotatable bonds is 9. The Bertz CT molecular complexity index is 1210. The lowest BCUT2D eigenvalue weighted by Crippen LogP contribution is -2.29. The van der Waals surface area contributed by atoms with Gasteiger partial charge in [-0.05, 0) is 55.0 Å². The third kappa shape index (κ3) is 6.87. The molecule has 0 saturated carbocycles. The Labute approximate surface area is 198 Å². The number of carbonyl (C=O) groups is 1. The number of halogens is 1. The van der Waals surface area contributed by atoms with E-state index in [-0.39, 0.29) is 19.1 Å². The Morgan fingerprint density at radius 3 is 2.27 bits per heavy atom. The average Bonchev–Trinajstić information content (AvgIpc) is 2.77. The van der Waals surface area contributed by atoms with Crippen molar-refractivity contribution in [3.05, 3.63) is 82.9 Å². The van der Waals surface area contributed by atoms with Crippen molar-refractivity contribution in [1.29, 1.82) is 0 Å². The predicted molar refractivity (Wildman–Crippen MR) is 131 cm³/mol. The van der Waals surface area contributed by atoms with Crippen molar-refractivity contribution in [3.63, 3.8) is 0 Å². The van der Waals surface area contributed by atoms with E-state index in [1.807, 2.05) is 31.2 Å². The van der Waals surface area contributed by atoms with Crippen molar-refractivity contribution < 1.29 is 22.7 Å². The second kappa shape index (κ2) is 10.6. The number of sulfonamides is 1. The largest absolute Gasteiger partial charge is 0.495 e. The molecule has 3 aromatic rings. The number of nitrogens with zero attached hydrogens (tertiary/aromatic N) is 1. The van der Waals surface area contributed by atoms with Crippen molar-refractivity contribution >= 4 is 38.9 Å². The molecular weight excluding hydrogens is 464 g/mol. The van der Waals surface area contributed by atoms with Gasteiger partial charge in [0.25, 0.3) is 5.91 Å². The SMILES string of the molecule is COc1ccc(NC(=O)COc2ccc(N(Cc3ccc(C)cc3)S(C)(=O)=O)cc2)cc1Cl. The summed E-state index contributed by atoms with van der Waals surface area (Å²) in [6.45, 7) is 1.97. The molecule has 33 heavy (non-hydrogen) atoms. The highest BCUT2D eigenvalue weighted by atomic mass is 35.5. The van der Waals surface area contributed by atoms with Gasteiger partial charge in [0.1, 0.15) is 11.5 Å². The number of anilines is 2. The maximum absolute atomic E-state index is 12.4. The van der Waals surface area contributed by atoms with Gasteiger partial charge in [0, 0.05) is 5.69 Å². The fraction of sp³-hybridized carbons (Fsp3) is 0.208. The minimum Gasteiger partial charge on any atom is -0.495 e. The Morgan fingerprint density at radius 2 is 1.70 bits per heavy atom. The molecule has 0 aliphatic rings. The van der Waals surface area contributed by atoms with Crippen molar-refractivity contribution in [2.24, 2.45) is 0 Å². The summed E-state index contributed by atoms with van der Waals surface area (Å²) < 4.78 is 36.7. The molecule has 1 amide bonds. The number of carbonyl (C=O) groups excluding carboxylic acids is 1. The summed E-state index contributed by atoms with van der Waals surface area (Å²) in [5, 5.41) is 3.08. The van der Waals surface area contributed by atoms with E-state index in [4.69, 9.17) is 21.1 Å². The summed E-state index contributed by atoms with van der Waals surface area (Å²) in [5.41, 5.74) is 3.00. The van der Waals surface area contributed by atoms with Crippen LogP contribution in [-0.2, 0) is 21.4 Å². The number of nitrogens with one attached hydrogen (secondary N) is 1. The first-order valence-corrected chi connectivity index (χ1v) is 12.3. The fourth-order valence-electron chi connectivity index (χ4n) is 3.06. The smallest absolute Gasteiger partial charge is 0.262 e. The first-order chi connectivity index (χ1) is 15.7. The monoisotopic (exact) mass is 488 g/mol. The summed E-state index contributed by atoms with van der Waals surface area (Å²) in [5.74, 6) is 0.583. The van der Waals surface area contributed by atoms with Crippen LogP contribution in [0.3, 0.4) is 0 Å². The van der Waals surface area contributed by atoms with Gasteiger partial charge in [0.05, 0.1) is 30.6 Å². The van der Waals surface area contributed by atoms with E-state index < -0.39 is 10.0 Å². The van der Waals surface area contributed by atoms with Crippen molar-refractivity contribution in [3.8, 4) is 11.5 Å². The van der Waals surface area contributed by atoms with Crippen LogP contribution in [0.5, 0.6) is 11.5 Å². The molecule has 3 rings (SSSR count). The van der Waals surface area contributed by atoms with Gasteiger partial charge >= 0.3 is 0 Å². The normalized spacial score (nSPS) is 11.0. The van der Waals surface area contributed by atoms with Crippen molar-refractivity contribution in [2.75, 3.05) is 29.6 Å². The molecule has 0 radical (unpaired) electrons. The van der Waals surface area contributed by atoms with Gasteiger partial charge in [-0.2, -0.15) is 0 Å². The summed E-state index contributed by atoms with van der Waals surface area (Å²) in [6.07, 6.45) is 1.17. The number of methoxy groups -OCH3 is 1. The minimum absolute atomic E-state index is 0.214. The molecule has 0 unspecified atom stereocenters. The number of ether oxygens (including phenoxy) is 2. The van der Waals surface area contributed by atoms with Gasteiger partial charge in [0.2, 0.25) is 10.0 Å². The molecule has 0 fully saturated rings. The Hall–Kier alpha value is -3.23. The lowest BCUT2D eigenvalue weighted by molar-refractivity contribution is -0.118. The van der Waals surface area contributed by atoms with E-state index in [1.54, 1.807) is 42.5 Å². The van der Waals surface area contributed by atoms with Crippen LogP contribution in [0, 0.1) is 6.92 Å². The van der Waals surface area contributed by atoms with E-state index in [1.165, 1.54) is 17.7 Å². The van der Waals surface area contributed by atoms with Crippen LogP contribution in [0.25, 0.3) is 0 Å². The maximum Gasteiger partial charge on any atom is 0.262 e. The lowest BCUT2D eigenvalue weighted by Gasteiger charge is -2.23. The molecular formula is C24H25ClN2O5S. The van der Waals surface area contributed by atoms with Gasteiger partial charge in [0.15, 0.2) is 6.61 Å². The third-order valence-electron chi connectivity index (χ3n) is 4.78. The molecule has 0 saturated heterocycles. The van der Waals surface area contributed by atoms with Crippen LogP contribution in [0.2, 0.25) is 5.02 Å². The highest BCUT2D eigenvalue weighted by Gasteiger charge is 2.18. The van der Waals surface area contributed by atoms with Gasteiger partial charge < -0.3 is 14.8 Å². The number of hydrogen-bond acceptors (Lipinski definition) is 5. The second-order valence-corrected chi connectivity index (χ2v) is 9.75. The molecule has 3 aromatic carbocycles. The molecule has 1 N–H and O–H groups in total. The third-order valence-corrected chi connectivity index (χ3v) is 6.21. The maximum atomic E-state index is 12.4. The Kier molecular flexibility index (Phi) is 7.84. The van der Waals surface area contributed by atoms with Crippen LogP contribution in [0.1, 0.15) is 11.1 Å². The summed E-state index contributed by atoms with van der Waals surface area (Å²) in [4.78, 5) is 12.2. The Balaban J connectivity index is 1.62. The zero-order valence-corrected chi connectivity index (χ0v) is 20.1. The quantitative estimate of drug-likeness (QED) is 0.474. The van der Waals surface area contributed by atoms with Gasteiger partial charge in [-0.25, -0.2) is 8.42 Å². The van der Waals surface area contributed by atoms with E-state index in [0.717, 1.165) is 11.1 Å². The molecule has 7 nitrogen and oxygen atoms in total. The number of amides is 1. The van der Waals surface area contributed by atoms with Gasteiger partial charge in [-0.1, -0.05) is 41.4 Å². The van der Waals surface area contributed by atoms with E-state index in [9.17, 15) is 13.2 Å².